The van der Waals surface area contributed by atoms with Crippen molar-refractivity contribution in [1.82, 2.24) is 0 Å². The molecule has 0 atom stereocenters. The smallest absolute Gasteiger partial charge is 0.461 e. The Morgan fingerprint density at radius 3 is 2.56 bits per heavy atom. The number of anilines is 1. The zero-order valence-electron chi connectivity index (χ0n) is 9.63. The van der Waals surface area contributed by atoms with Crippen molar-refractivity contribution >= 4 is 41.0 Å². The standard InChI is InChI=1S/C10H12BClN2O4/c1-2-18-10(15)9(12)14-13-8-5-3-7(4-6-8)11(16)17/h3-6,13,16-17H,2H2,1H3/b14-9-. The van der Waals surface area contributed by atoms with Gasteiger partial charge in [0, 0.05) is 0 Å². The zero-order chi connectivity index (χ0) is 13.5. The molecule has 0 aliphatic carbocycles. The Morgan fingerprint density at radius 2 is 2.06 bits per heavy atom. The average Bonchev–Trinajstić information content (AvgIpc) is 2.36. The van der Waals surface area contributed by atoms with Crippen LogP contribution >= 0.6 is 11.6 Å². The fraction of sp³-hybridized carbons (Fsp3) is 0.200. The number of carbonyl (C=O) groups is 1. The molecule has 1 rings (SSSR count). The lowest BCUT2D eigenvalue weighted by molar-refractivity contribution is -0.134. The van der Waals surface area contributed by atoms with Gasteiger partial charge in [-0.25, -0.2) is 4.79 Å². The summed E-state index contributed by atoms with van der Waals surface area (Å²) in [5.41, 5.74) is 3.43. The van der Waals surface area contributed by atoms with Gasteiger partial charge in [-0.05, 0) is 24.5 Å². The van der Waals surface area contributed by atoms with Gasteiger partial charge in [0.1, 0.15) is 0 Å². The maximum atomic E-state index is 11.1. The minimum Gasteiger partial charge on any atom is -0.461 e. The number of esters is 1. The topological polar surface area (TPSA) is 91.2 Å². The second-order valence-corrected chi connectivity index (χ2v) is 3.59. The quantitative estimate of drug-likeness (QED) is 0.301. The number of hydrogen-bond donors (Lipinski definition) is 3. The Labute approximate surface area is 109 Å². The first-order valence-corrected chi connectivity index (χ1v) is 5.54. The van der Waals surface area contributed by atoms with Crippen molar-refractivity contribution in [3.63, 3.8) is 0 Å². The van der Waals surface area contributed by atoms with Gasteiger partial charge in [0.2, 0.25) is 5.17 Å². The van der Waals surface area contributed by atoms with Crippen LogP contribution in [-0.4, -0.2) is 34.9 Å². The van der Waals surface area contributed by atoms with Crippen LogP contribution in [0.25, 0.3) is 0 Å². The van der Waals surface area contributed by atoms with E-state index in [1.165, 1.54) is 12.1 Å². The van der Waals surface area contributed by atoms with Gasteiger partial charge < -0.3 is 14.8 Å². The molecule has 18 heavy (non-hydrogen) atoms. The van der Waals surface area contributed by atoms with Crippen LogP contribution in [0.3, 0.4) is 0 Å². The fourth-order valence-corrected chi connectivity index (χ4v) is 1.18. The Kier molecular flexibility index (Phi) is 5.64. The third-order valence-corrected chi connectivity index (χ3v) is 2.17. The molecule has 8 heteroatoms. The molecule has 0 radical (unpaired) electrons. The Bertz CT molecular complexity index is 436. The number of hydrazone groups is 1. The lowest BCUT2D eigenvalue weighted by Gasteiger charge is -2.03. The Balaban J connectivity index is 2.63. The molecular formula is C10H12BClN2O4. The summed E-state index contributed by atoms with van der Waals surface area (Å²) in [5, 5.41) is 21.1. The van der Waals surface area contributed by atoms with Crippen LogP contribution in [0, 0.1) is 0 Å². The van der Waals surface area contributed by atoms with Gasteiger partial charge in [-0.15, -0.1) is 0 Å². The zero-order valence-corrected chi connectivity index (χ0v) is 10.4. The van der Waals surface area contributed by atoms with E-state index in [0.29, 0.717) is 11.2 Å². The van der Waals surface area contributed by atoms with E-state index >= 15 is 0 Å². The molecule has 1 aromatic rings. The molecule has 96 valence electrons. The largest absolute Gasteiger partial charge is 0.488 e. The summed E-state index contributed by atoms with van der Waals surface area (Å²) in [6.07, 6.45) is 0. The van der Waals surface area contributed by atoms with Gasteiger partial charge >= 0.3 is 13.1 Å². The van der Waals surface area contributed by atoms with E-state index in [1.54, 1.807) is 19.1 Å². The number of carbonyl (C=O) groups excluding carboxylic acids is 1. The van der Waals surface area contributed by atoms with E-state index in [-0.39, 0.29) is 11.8 Å². The molecule has 0 fully saturated rings. The maximum absolute atomic E-state index is 11.1. The highest BCUT2D eigenvalue weighted by Crippen LogP contribution is 2.05. The lowest BCUT2D eigenvalue weighted by Crippen LogP contribution is -2.29. The number of halogens is 1. The molecule has 0 bridgehead atoms. The average molecular weight is 270 g/mol. The SMILES string of the molecule is CCOC(=O)/C(Cl)=N/Nc1ccc(B(O)O)cc1. The van der Waals surface area contributed by atoms with E-state index in [1.807, 2.05) is 0 Å². The molecule has 6 nitrogen and oxygen atoms in total. The van der Waals surface area contributed by atoms with Crippen LogP contribution in [0.1, 0.15) is 6.92 Å². The van der Waals surface area contributed by atoms with Crippen molar-refractivity contribution in [3.8, 4) is 0 Å². The van der Waals surface area contributed by atoms with E-state index in [2.05, 4.69) is 15.3 Å². The maximum Gasteiger partial charge on any atom is 0.488 e. The summed E-state index contributed by atoms with van der Waals surface area (Å²) in [7, 11) is -1.52. The molecule has 3 N–H and O–H groups in total. The highest BCUT2D eigenvalue weighted by molar-refractivity contribution is 6.82. The van der Waals surface area contributed by atoms with Crippen molar-refractivity contribution in [2.45, 2.75) is 6.92 Å². The normalized spacial score (nSPS) is 11.0. The molecule has 0 aliphatic rings. The molecule has 0 saturated heterocycles. The number of nitrogens with zero attached hydrogens (tertiary/aromatic N) is 1. The fourth-order valence-electron chi connectivity index (χ4n) is 1.08. The number of ether oxygens (including phenoxy) is 1. The Morgan fingerprint density at radius 1 is 1.44 bits per heavy atom. The number of benzene rings is 1. The molecule has 0 aliphatic heterocycles. The molecule has 0 saturated carbocycles. The molecule has 0 unspecified atom stereocenters. The number of hydrogen-bond acceptors (Lipinski definition) is 6. The van der Waals surface area contributed by atoms with Crippen LogP contribution in [0.15, 0.2) is 29.4 Å². The van der Waals surface area contributed by atoms with E-state index in [4.69, 9.17) is 21.6 Å². The van der Waals surface area contributed by atoms with E-state index in [0.717, 1.165) is 0 Å². The van der Waals surface area contributed by atoms with E-state index < -0.39 is 13.1 Å². The Hall–Kier alpha value is -1.57. The van der Waals surface area contributed by atoms with Gasteiger partial charge in [-0.2, -0.15) is 5.10 Å². The first-order chi connectivity index (χ1) is 8.54. The van der Waals surface area contributed by atoms with Crippen LogP contribution in [-0.2, 0) is 9.53 Å². The second kappa shape index (κ2) is 7.00. The minimum absolute atomic E-state index is 0.216. The highest BCUT2D eigenvalue weighted by Gasteiger charge is 2.10. The monoisotopic (exact) mass is 270 g/mol. The number of rotatable bonds is 5. The van der Waals surface area contributed by atoms with Crippen molar-refractivity contribution in [2.24, 2.45) is 5.10 Å². The van der Waals surface area contributed by atoms with Crippen molar-refractivity contribution in [2.75, 3.05) is 12.0 Å². The molecule has 0 amide bonds. The van der Waals surface area contributed by atoms with Crippen molar-refractivity contribution in [1.29, 1.82) is 0 Å². The third-order valence-electron chi connectivity index (χ3n) is 1.94. The molecular weight excluding hydrogens is 258 g/mol. The molecule has 0 heterocycles. The first-order valence-electron chi connectivity index (χ1n) is 5.17. The van der Waals surface area contributed by atoms with Crippen LogP contribution in [0.5, 0.6) is 0 Å². The van der Waals surface area contributed by atoms with Gasteiger partial charge in [-0.3, -0.25) is 5.43 Å². The summed E-state index contributed by atoms with van der Waals surface area (Å²) in [4.78, 5) is 11.1. The van der Waals surface area contributed by atoms with Crippen molar-refractivity contribution in [3.05, 3.63) is 24.3 Å². The summed E-state index contributed by atoms with van der Waals surface area (Å²) in [5.74, 6) is -0.714. The van der Waals surface area contributed by atoms with Gasteiger partial charge in [0.05, 0.1) is 12.3 Å². The summed E-state index contributed by atoms with van der Waals surface area (Å²) < 4.78 is 4.63. The predicted octanol–water partition coefficient (Wildman–Crippen LogP) is -0.106. The van der Waals surface area contributed by atoms with Crippen molar-refractivity contribution < 1.29 is 19.6 Å². The van der Waals surface area contributed by atoms with Gasteiger partial charge in [0.15, 0.2) is 0 Å². The third kappa shape index (κ3) is 4.36. The molecule has 0 spiro atoms. The first kappa shape index (κ1) is 14.5. The molecule has 0 aromatic heterocycles. The summed E-state index contributed by atoms with van der Waals surface area (Å²) >= 11 is 5.57. The van der Waals surface area contributed by atoms with Gasteiger partial charge in [-0.1, -0.05) is 23.7 Å². The molecule has 1 aromatic carbocycles. The van der Waals surface area contributed by atoms with Gasteiger partial charge in [0.25, 0.3) is 0 Å². The highest BCUT2D eigenvalue weighted by atomic mass is 35.5. The summed E-state index contributed by atoms with van der Waals surface area (Å²) in [6.45, 7) is 1.88. The van der Waals surface area contributed by atoms with Crippen LogP contribution < -0.4 is 10.9 Å². The predicted molar refractivity (Wildman–Crippen MR) is 69.8 cm³/mol. The van der Waals surface area contributed by atoms with E-state index in [9.17, 15) is 4.79 Å². The van der Waals surface area contributed by atoms with Crippen LogP contribution in [0.4, 0.5) is 5.69 Å². The lowest BCUT2D eigenvalue weighted by atomic mass is 9.80. The minimum atomic E-state index is -1.52. The summed E-state index contributed by atoms with van der Waals surface area (Å²) in [6, 6.07) is 6.13. The number of nitrogens with one attached hydrogen (secondary N) is 1. The van der Waals surface area contributed by atoms with Crippen LogP contribution in [0.2, 0.25) is 0 Å². The second-order valence-electron chi connectivity index (χ2n) is 3.23.